The molecule has 0 aliphatic carbocycles. The number of nitrogens with zero attached hydrogens (tertiary/aromatic N) is 6. The average Bonchev–Trinajstić information content (AvgIpc) is 2.99. The zero-order valence-electron chi connectivity index (χ0n) is 16.8. The fourth-order valence-electron chi connectivity index (χ4n) is 3.35. The summed E-state index contributed by atoms with van der Waals surface area (Å²) in [6, 6.07) is 6.86. The van der Waals surface area contributed by atoms with Crippen molar-refractivity contribution in [2.24, 2.45) is 0 Å². The number of nitro benzene ring substituents is 1. The first-order valence-corrected chi connectivity index (χ1v) is 9.68. The van der Waals surface area contributed by atoms with E-state index in [9.17, 15) is 15.2 Å². The molecule has 2 heterocycles. The lowest BCUT2D eigenvalue weighted by Crippen LogP contribution is -2.30. The number of nitrogens with one attached hydrogen (secondary N) is 1. The molecule has 1 aromatic carbocycles. The van der Waals surface area contributed by atoms with Crippen molar-refractivity contribution in [3.8, 4) is 0 Å². The quantitative estimate of drug-likeness (QED) is 0.409. The minimum absolute atomic E-state index is 0.00484. The van der Waals surface area contributed by atoms with Gasteiger partial charge in [0.2, 0.25) is 0 Å². The highest BCUT2D eigenvalue weighted by Crippen LogP contribution is 2.32. The van der Waals surface area contributed by atoms with Gasteiger partial charge in [-0.05, 0) is 31.6 Å². The van der Waals surface area contributed by atoms with Crippen molar-refractivity contribution >= 4 is 28.7 Å². The molecular weight excluding hydrogens is 374 g/mol. The first-order valence-electron chi connectivity index (χ1n) is 9.68. The van der Waals surface area contributed by atoms with E-state index in [-0.39, 0.29) is 17.3 Å². The lowest BCUT2D eigenvalue weighted by Gasteiger charge is -2.23. The summed E-state index contributed by atoms with van der Waals surface area (Å²) in [6.07, 6.45) is 2.38. The van der Waals surface area contributed by atoms with Crippen LogP contribution in [-0.4, -0.2) is 71.4 Å². The predicted octanol–water partition coefficient (Wildman–Crippen LogP) is 2.05. The van der Waals surface area contributed by atoms with Gasteiger partial charge in [-0.3, -0.25) is 10.1 Å². The van der Waals surface area contributed by atoms with E-state index < -0.39 is 0 Å². The van der Waals surface area contributed by atoms with Crippen LogP contribution in [0.5, 0.6) is 0 Å². The highest BCUT2D eigenvalue weighted by atomic mass is 16.6. The largest absolute Gasteiger partial charge is 0.376 e. The fraction of sp³-hybridized carbons (Fsp3) is 0.474. The van der Waals surface area contributed by atoms with E-state index in [1.165, 1.54) is 11.2 Å². The second-order valence-electron chi connectivity index (χ2n) is 6.96. The molecule has 156 valence electrons. The summed E-state index contributed by atoms with van der Waals surface area (Å²) in [5, 5.41) is 23.9. The van der Waals surface area contributed by atoms with Crippen molar-refractivity contribution < 1.29 is 10.0 Å². The van der Waals surface area contributed by atoms with Gasteiger partial charge in [-0.15, -0.1) is 0 Å². The van der Waals surface area contributed by atoms with E-state index in [4.69, 9.17) is 0 Å². The maximum absolute atomic E-state index is 11.7. The molecule has 1 saturated heterocycles. The molecule has 10 nitrogen and oxygen atoms in total. The minimum atomic E-state index is -0.385. The Morgan fingerprint density at radius 3 is 2.79 bits per heavy atom. The number of aromatic nitrogens is 2. The standard InChI is InChI=1S/C19H27N7O3/c1-3-24-7-4-8-25(10-9-24)15-5-6-16(17(11-15)26(28)29)22-18-12-19(21-13-20-18)23(2)14-27/h5-6,11-13,27H,3-4,7-10,14H2,1-2H3,(H,20,21,22). The zero-order valence-corrected chi connectivity index (χ0v) is 16.8. The number of anilines is 4. The molecular formula is C19H27N7O3. The van der Waals surface area contributed by atoms with Crippen molar-refractivity contribution in [3.05, 3.63) is 40.7 Å². The lowest BCUT2D eigenvalue weighted by molar-refractivity contribution is -0.383. The van der Waals surface area contributed by atoms with Crippen LogP contribution in [0.25, 0.3) is 0 Å². The molecule has 1 aliphatic rings. The first-order chi connectivity index (χ1) is 14.0. The molecule has 2 aromatic rings. The Morgan fingerprint density at radius 2 is 2.07 bits per heavy atom. The van der Waals surface area contributed by atoms with E-state index in [0.717, 1.165) is 44.8 Å². The van der Waals surface area contributed by atoms with E-state index >= 15 is 0 Å². The van der Waals surface area contributed by atoms with E-state index in [1.54, 1.807) is 25.2 Å². The van der Waals surface area contributed by atoms with Crippen molar-refractivity contribution in [2.75, 3.05) is 61.6 Å². The predicted molar refractivity (Wildman–Crippen MR) is 113 cm³/mol. The molecule has 0 bridgehead atoms. The number of nitro groups is 1. The number of benzene rings is 1. The Balaban J connectivity index is 1.83. The van der Waals surface area contributed by atoms with Gasteiger partial charge in [0.25, 0.3) is 5.69 Å². The van der Waals surface area contributed by atoms with Gasteiger partial charge in [0, 0.05) is 44.5 Å². The molecule has 1 aromatic heterocycles. The van der Waals surface area contributed by atoms with Crippen LogP contribution in [0.4, 0.5) is 28.7 Å². The van der Waals surface area contributed by atoms with Crippen LogP contribution in [0.2, 0.25) is 0 Å². The Labute approximate surface area is 169 Å². The molecule has 0 spiro atoms. The topological polar surface area (TPSA) is 111 Å². The summed E-state index contributed by atoms with van der Waals surface area (Å²) in [4.78, 5) is 25.6. The van der Waals surface area contributed by atoms with E-state index in [1.807, 2.05) is 6.07 Å². The van der Waals surface area contributed by atoms with Crippen molar-refractivity contribution in [2.45, 2.75) is 13.3 Å². The van der Waals surface area contributed by atoms with Gasteiger partial charge in [-0.1, -0.05) is 6.92 Å². The zero-order chi connectivity index (χ0) is 20.8. The molecule has 1 aliphatic heterocycles. The van der Waals surface area contributed by atoms with Gasteiger partial charge < -0.3 is 25.1 Å². The van der Waals surface area contributed by atoms with Crippen molar-refractivity contribution in [3.63, 3.8) is 0 Å². The normalized spacial score (nSPS) is 15.1. The molecule has 2 N–H and O–H groups in total. The Bertz CT molecular complexity index is 848. The molecule has 10 heteroatoms. The number of hydrogen-bond donors (Lipinski definition) is 2. The van der Waals surface area contributed by atoms with Crippen molar-refractivity contribution in [1.29, 1.82) is 0 Å². The maximum Gasteiger partial charge on any atom is 0.294 e. The molecule has 1 fully saturated rings. The van der Waals surface area contributed by atoms with Crippen LogP contribution in [0, 0.1) is 10.1 Å². The fourth-order valence-corrected chi connectivity index (χ4v) is 3.35. The molecule has 29 heavy (non-hydrogen) atoms. The van der Waals surface area contributed by atoms with Crippen LogP contribution >= 0.6 is 0 Å². The van der Waals surface area contributed by atoms with Gasteiger partial charge in [0.15, 0.2) is 0 Å². The molecule has 3 rings (SSSR count). The van der Waals surface area contributed by atoms with E-state index in [2.05, 4.69) is 32.0 Å². The molecule has 0 saturated carbocycles. The first kappa shape index (κ1) is 20.7. The van der Waals surface area contributed by atoms with Crippen LogP contribution < -0.4 is 15.1 Å². The summed E-state index contributed by atoms with van der Waals surface area (Å²) >= 11 is 0. The number of likely N-dealkylation sites (N-methyl/N-ethyl adjacent to an activating group) is 1. The molecule has 0 unspecified atom stereocenters. The van der Waals surface area contributed by atoms with Gasteiger partial charge in [0.05, 0.1) is 4.92 Å². The molecule has 0 atom stereocenters. The average molecular weight is 401 g/mol. The summed E-state index contributed by atoms with van der Waals surface area (Å²) in [6.45, 7) is 6.70. The number of rotatable bonds is 7. The highest BCUT2D eigenvalue weighted by molar-refractivity contribution is 5.73. The second-order valence-corrected chi connectivity index (χ2v) is 6.96. The third-order valence-corrected chi connectivity index (χ3v) is 5.10. The number of hydrogen-bond acceptors (Lipinski definition) is 9. The third-order valence-electron chi connectivity index (χ3n) is 5.10. The Morgan fingerprint density at radius 1 is 1.24 bits per heavy atom. The van der Waals surface area contributed by atoms with Crippen LogP contribution in [-0.2, 0) is 0 Å². The monoisotopic (exact) mass is 401 g/mol. The second kappa shape index (κ2) is 9.48. The molecule has 0 radical (unpaired) electrons. The number of aliphatic hydroxyl groups excluding tert-OH is 1. The Kier molecular flexibility index (Phi) is 6.78. The van der Waals surface area contributed by atoms with Gasteiger partial charge in [0.1, 0.15) is 30.4 Å². The summed E-state index contributed by atoms with van der Waals surface area (Å²) in [5.41, 5.74) is 1.21. The number of aliphatic hydroxyl groups is 1. The van der Waals surface area contributed by atoms with E-state index in [0.29, 0.717) is 17.3 Å². The highest BCUT2D eigenvalue weighted by Gasteiger charge is 2.20. The lowest BCUT2D eigenvalue weighted by atomic mass is 10.2. The SMILES string of the molecule is CCN1CCCN(c2ccc(Nc3cc(N(C)CO)ncn3)c([N+](=O)[O-])c2)CC1. The van der Waals surface area contributed by atoms with Crippen molar-refractivity contribution in [1.82, 2.24) is 14.9 Å². The minimum Gasteiger partial charge on any atom is -0.376 e. The van der Waals surface area contributed by atoms with Crippen LogP contribution in [0.1, 0.15) is 13.3 Å². The van der Waals surface area contributed by atoms with Gasteiger partial charge in [-0.25, -0.2) is 9.97 Å². The van der Waals surface area contributed by atoms with Gasteiger partial charge in [-0.2, -0.15) is 0 Å². The summed E-state index contributed by atoms with van der Waals surface area (Å²) in [5.74, 6) is 0.925. The summed E-state index contributed by atoms with van der Waals surface area (Å²) < 4.78 is 0. The molecule has 0 amide bonds. The summed E-state index contributed by atoms with van der Waals surface area (Å²) in [7, 11) is 1.68. The van der Waals surface area contributed by atoms with Crippen LogP contribution in [0.3, 0.4) is 0 Å². The van der Waals surface area contributed by atoms with Crippen LogP contribution in [0.15, 0.2) is 30.6 Å². The van der Waals surface area contributed by atoms with Gasteiger partial charge >= 0.3 is 0 Å². The maximum atomic E-state index is 11.7. The smallest absolute Gasteiger partial charge is 0.294 e. The third kappa shape index (κ3) is 5.09. The Hall–Kier alpha value is -2.98.